The second-order valence-corrected chi connectivity index (χ2v) is 3.21. The third-order valence-electron chi connectivity index (χ3n) is 1.55. The van der Waals surface area contributed by atoms with Crippen LogP contribution in [0.1, 0.15) is 0 Å². The lowest BCUT2D eigenvalue weighted by Gasteiger charge is -2.03. The quantitative estimate of drug-likeness (QED) is 0.571. The van der Waals surface area contributed by atoms with E-state index in [1.807, 2.05) is 6.08 Å². The summed E-state index contributed by atoms with van der Waals surface area (Å²) in [5, 5.41) is 3.60. The van der Waals surface area contributed by atoms with Crippen molar-refractivity contribution in [1.82, 2.24) is 0 Å². The number of rotatable bonds is 0. The van der Waals surface area contributed by atoms with Crippen LogP contribution in [0.25, 0.3) is 0 Å². The van der Waals surface area contributed by atoms with Crippen LogP contribution in [0, 0.1) is 5.92 Å². The summed E-state index contributed by atoms with van der Waals surface area (Å²) in [6.07, 6.45) is 5.35. The zero-order valence-electron chi connectivity index (χ0n) is 5.45. The topological polar surface area (TPSA) is 38.7 Å². The van der Waals surface area contributed by atoms with Crippen molar-refractivity contribution in [2.75, 3.05) is 0 Å². The molecule has 0 aromatic carbocycles. The Labute approximate surface area is 71.5 Å². The number of carbonyl (C=O) groups is 1. The van der Waals surface area contributed by atoms with E-state index in [-0.39, 0.29) is 11.9 Å². The molecule has 2 rings (SSSR count). The zero-order chi connectivity index (χ0) is 7.84. The Bertz CT molecular complexity index is 304. The van der Waals surface area contributed by atoms with Crippen molar-refractivity contribution in [1.29, 1.82) is 0 Å². The fourth-order valence-corrected chi connectivity index (χ4v) is 1.39. The fourth-order valence-electron chi connectivity index (χ4n) is 1.00. The molecular formula is C7H4BrNO2. The van der Waals surface area contributed by atoms with Gasteiger partial charge in [0.1, 0.15) is 5.92 Å². The molecule has 56 valence electrons. The lowest BCUT2D eigenvalue weighted by molar-refractivity contribution is -0.142. The van der Waals surface area contributed by atoms with Gasteiger partial charge in [-0.15, -0.1) is 0 Å². The predicted molar refractivity (Wildman–Crippen MR) is 43.2 cm³/mol. The number of allylic oxidation sites excluding steroid dienone is 3. The molecular weight excluding hydrogens is 210 g/mol. The van der Waals surface area contributed by atoms with Gasteiger partial charge in [-0.05, 0) is 6.08 Å². The van der Waals surface area contributed by atoms with Crippen LogP contribution >= 0.6 is 15.9 Å². The Balaban J connectivity index is 2.38. The molecule has 0 saturated heterocycles. The van der Waals surface area contributed by atoms with Gasteiger partial charge in [0.25, 0.3) is 0 Å². The van der Waals surface area contributed by atoms with Crippen LogP contribution < -0.4 is 0 Å². The number of oxime groups is 1. The highest BCUT2D eigenvalue weighted by atomic mass is 79.9. The smallest absolute Gasteiger partial charge is 0.317 e. The van der Waals surface area contributed by atoms with Gasteiger partial charge in [0.15, 0.2) is 0 Å². The van der Waals surface area contributed by atoms with Crippen LogP contribution in [0.15, 0.2) is 27.9 Å². The predicted octanol–water partition coefficient (Wildman–Crippen LogP) is 1.36. The molecule has 0 aromatic heterocycles. The number of halogens is 1. The van der Waals surface area contributed by atoms with Crippen LogP contribution in [-0.2, 0) is 9.63 Å². The van der Waals surface area contributed by atoms with Crippen molar-refractivity contribution >= 4 is 27.6 Å². The first-order chi connectivity index (χ1) is 5.27. The van der Waals surface area contributed by atoms with E-state index >= 15 is 0 Å². The van der Waals surface area contributed by atoms with Gasteiger partial charge < -0.3 is 4.84 Å². The molecule has 1 atom stereocenters. The number of hydrogen-bond donors (Lipinski definition) is 0. The normalized spacial score (nSPS) is 27.4. The van der Waals surface area contributed by atoms with Crippen molar-refractivity contribution in [3.05, 3.63) is 22.7 Å². The van der Waals surface area contributed by atoms with Crippen molar-refractivity contribution in [2.24, 2.45) is 11.1 Å². The minimum Gasteiger partial charge on any atom is -0.317 e. The van der Waals surface area contributed by atoms with Crippen LogP contribution in [0.4, 0.5) is 0 Å². The first-order valence-corrected chi connectivity index (χ1v) is 3.91. The first kappa shape index (κ1) is 6.79. The maximum Gasteiger partial charge on any atom is 0.347 e. The molecule has 4 heteroatoms. The molecule has 0 spiro atoms. The maximum absolute atomic E-state index is 10.9. The standard InChI is InChI=1S/C7H4BrNO2/c8-4-1-2-5-6(3-4)9-11-7(5)10/h1-3,5H. The Hall–Kier alpha value is -0.900. The van der Waals surface area contributed by atoms with Gasteiger partial charge in [-0.1, -0.05) is 33.2 Å². The molecule has 11 heavy (non-hydrogen) atoms. The van der Waals surface area contributed by atoms with Crippen LogP contribution in [0.2, 0.25) is 0 Å². The number of fused-ring (bicyclic) bond motifs is 1. The van der Waals surface area contributed by atoms with Gasteiger partial charge >= 0.3 is 5.97 Å². The van der Waals surface area contributed by atoms with Crippen molar-refractivity contribution in [3.8, 4) is 0 Å². The van der Waals surface area contributed by atoms with Gasteiger partial charge in [-0.3, -0.25) is 0 Å². The Morgan fingerprint density at radius 1 is 1.64 bits per heavy atom. The highest BCUT2D eigenvalue weighted by Crippen LogP contribution is 2.23. The zero-order valence-corrected chi connectivity index (χ0v) is 7.04. The summed E-state index contributed by atoms with van der Waals surface area (Å²) < 4.78 is 0.908. The average molecular weight is 214 g/mol. The molecule has 0 saturated carbocycles. The maximum atomic E-state index is 10.9. The third-order valence-corrected chi connectivity index (χ3v) is 2.04. The number of nitrogens with zero attached hydrogens (tertiary/aromatic N) is 1. The molecule has 0 aromatic rings. The summed E-state index contributed by atoms with van der Waals surface area (Å²) in [5.74, 6) is -0.580. The molecule has 0 fully saturated rings. The molecule has 1 aliphatic carbocycles. The lowest BCUT2D eigenvalue weighted by Crippen LogP contribution is -2.15. The van der Waals surface area contributed by atoms with E-state index < -0.39 is 0 Å². The van der Waals surface area contributed by atoms with E-state index in [1.165, 1.54) is 0 Å². The van der Waals surface area contributed by atoms with E-state index in [0.29, 0.717) is 5.71 Å². The van der Waals surface area contributed by atoms with Crippen molar-refractivity contribution < 1.29 is 9.63 Å². The van der Waals surface area contributed by atoms with E-state index in [2.05, 4.69) is 25.9 Å². The molecule has 1 aliphatic heterocycles. The molecule has 0 amide bonds. The van der Waals surface area contributed by atoms with E-state index in [9.17, 15) is 4.79 Å². The summed E-state index contributed by atoms with van der Waals surface area (Å²) in [6.45, 7) is 0. The minimum atomic E-state index is -0.299. The van der Waals surface area contributed by atoms with Gasteiger partial charge in [-0.25, -0.2) is 4.79 Å². The second kappa shape index (κ2) is 2.30. The van der Waals surface area contributed by atoms with E-state index in [4.69, 9.17) is 0 Å². The van der Waals surface area contributed by atoms with Gasteiger partial charge in [-0.2, -0.15) is 0 Å². The molecule has 3 nitrogen and oxygen atoms in total. The van der Waals surface area contributed by atoms with Crippen molar-refractivity contribution in [2.45, 2.75) is 0 Å². The van der Waals surface area contributed by atoms with Gasteiger partial charge in [0.05, 0.1) is 5.71 Å². The largest absolute Gasteiger partial charge is 0.347 e. The lowest BCUT2D eigenvalue weighted by atomic mass is 10.00. The van der Waals surface area contributed by atoms with Gasteiger partial charge in [0, 0.05) is 4.48 Å². The van der Waals surface area contributed by atoms with Gasteiger partial charge in [0.2, 0.25) is 0 Å². The third kappa shape index (κ3) is 1.03. The summed E-state index contributed by atoms with van der Waals surface area (Å²) >= 11 is 3.27. The average Bonchev–Trinajstić information content (AvgIpc) is 2.32. The summed E-state index contributed by atoms with van der Waals surface area (Å²) in [4.78, 5) is 15.4. The molecule has 1 unspecified atom stereocenters. The molecule has 0 bridgehead atoms. The summed E-state index contributed by atoms with van der Waals surface area (Å²) in [5.41, 5.74) is 0.671. The fraction of sp³-hybridized carbons (Fsp3) is 0.143. The SMILES string of the molecule is O=C1ON=C2C=C(Br)C=CC12. The number of carbonyl (C=O) groups excluding carboxylic acids is 1. The number of hydrogen-bond acceptors (Lipinski definition) is 3. The Morgan fingerprint density at radius 3 is 3.27 bits per heavy atom. The summed E-state index contributed by atoms with van der Waals surface area (Å²) in [7, 11) is 0. The minimum absolute atomic E-state index is 0.281. The van der Waals surface area contributed by atoms with Crippen molar-refractivity contribution in [3.63, 3.8) is 0 Å². The van der Waals surface area contributed by atoms with Crippen LogP contribution in [-0.4, -0.2) is 11.7 Å². The molecule has 2 aliphatic rings. The van der Waals surface area contributed by atoms with Crippen LogP contribution in [0.5, 0.6) is 0 Å². The summed E-state index contributed by atoms with van der Waals surface area (Å²) in [6, 6.07) is 0. The molecule has 0 N–H and O–H groups in total. The van der Waals surface area contributed by atoms with E-state index in [0.717, 1.165) is 4.48 Å². The molecule has 0 radical (unpaired) electrons. The van der Waals surface area contributed by atoms with Crippen LogP contribution in [0.3, 0.4) is 0 Å². The monoisotopic (exact) mass is 213 g/mol. The highest BCUT2D eigenvalue weighted by Gasteiger charge is 2.30. The second-order valence-electron chi connectivity index (χ2n) is 2.29. The highest BCUT2D eigenvalue weighted by molar-refractivity contribution is 9.11. The Morgan fingerprint density at radius 2 is 2.45 bits per heavy atom. The van der Waals surface area contributed by atoms with E-state index in [1.54, 1.807) is 12.2 Å². The molecule has 1 heterocycles. The first-order valence-electron chi connectivity index (χ1n) is 3.11. The Kier molecular flexibility index (Phi) is 1.42.